The Morgan fingerprint density at radius 2 is 1.94 bits per heavy atom. The maximum Gasteiger partial charge on any atom is 0.145 e. The number of pyridine rings is 1. The molecule has 1 heterocycles. The van der Waals surface area contributed by atoms with E-state index in [1.54, 1.807) is 24.4 Å². The summed E-state index contributed by atoms with van der Waals surface area (Å²) in [5, 5.41) is 9.38. The first-order chi connectivity index (χ1) is 8.08. The van der Waals surface area contributed by atoms with Crippen molar-refractivity contribution >= 4 is 0 Å². The Bertz CT molecular complexity index is 495. The Balaban J connectivity index is 2.23. The smallest absolute Gasteiger partial charge is 0.145 e. The van der Waals surface area contributed by atoms with E-state index < -0.39 is 5.60 Å². The lowest BCUT2D eigenvalue weighted by molar-refractivity contribution is 0.103. The van der Waals surface area contributed by atoms with Crippen LogP contribution in [0.2, 0.25) is 0 Å². The summed E-state index contributed by atoms with van der Waals surface area (Å²) in [6, 6.07) is 12.5. The van der Waals surface area contributed by atoms with Crippen LogP contribution in [0.4, 0.5) is 0 Å². The van der Waals surface area contributed by atoms with Crippen LogP contribution in [0.3, 0.4) is 0 Å². The molecule has 0 aliphatic rings. The molecular formula is C14H15NO2. The molecule has 1 N–H and O–H groups in total. The molecule has 0 amide bonds. The van der Waals surface area contributed by atoms with E-state index in [0.29, 0.717) is 5.75 Å². The molecule has 3 nitrogen and oxygen atoms in total. The van der Waals surface area contributed by atoms with Crippen LogP contribution < -0.4 is 4.74 Å². The molecule has 1 aromatic heterocycles. The molecule has 2 rings (SSSR count). The van der Waals surface area contributed by atoms with E-state index in [1.807, 2.05) is 38.1 Å². The summed E-state index contributed by atoms with van der Waals surface area (Å²) in [6.07, 6.45) is 1.74. The van der Waals surface area contributed by atoms with Crippen molar-refractivity contribution in [3.63, 3.8) is 0 Å². The van der Waals surface area contributed by atoms with Gasteiger partial charge in [-0.25, -0.2) is 0 Å². The Labute approximate surface area is 101 Å². The SMILES string of the molecule is CC(C)(Oc1cccc(O)c1)c1ccccn1. The molecule has 0 fully saturated rings. The molecule has 2 aromatic rings. The molecule has 0 unspecified atom stereocenters. The molecule has 0 atom stereocenters. The standard InChI is InChI=1S/C14H15NO2/c1-14(2,13-8-3-4-9-15-13)17-12-7-5-6-11(16)10-12/h3-10,16H,1-2H3. The summed E-state index contributed by atoms with van der Waals surface area (Å²) in [5.74, 6) is 0.819. The predicted octanol–water partition coefficient (Wildman–Crippen LogP) is 3.10. The van der Waals surface area contributed by atoms with Crippen molar-refractivity contribution < 1.29 is 9.84 Å². The number of hydrogen-bond donors (Lipinski definition) is 1. The molecule has 0 aliphatic carbocycles. The Morgan fingerprint density at radius 1 is 1.12 bits per heavy atom. The molecule has 0 saturated carbocycles. The summed E-state index contributed by atoms with van der Waals surface area (Å²) in [7, 11) is 0. The summed E-state index contributed by atoms with van der Waals surface area (Å²) in [5.41, 5.74) is 0.318. The van der Waals surface area contributed by atoms with Gasteiger partial charge in [0.1, 0.15) is 17.1 Å². The molecule has 88 valence electrons. The maximum absolute atomic E-state index is 9.38. The topological polar surface area (TPSA) is 42.4 Å². The van der Waals surface area contributed by atoms with Crippen molar-refractivity contribution in [3.05, 3.63) is 54.4 Å². The number of rotatable bonds is 3. The number of benzene rings is 1. The first kappa shape index (κ1) is 11.5. The number of phenolic OH excluding ortho intramolecular Hbond substituents is 1. The van der Waals surface area contributed by atoms with Gasteiger partial charge in [0, 0.05) is 12.3 Å². The number of nitrogens with zero attached hydrogens (tertiary/aromatic N) is 1. The molecular weight excluding hydrogens is 214 g/mol. The zero-order chi connectivity index (χ0) is 12.3. The first-order valence-corrected chi connectivity index (χ1v) is 5.47. The number of phenols is 1. The molecule has 1 aromatic carbocycles. The number of hydrogen-bond acceptors (Lipinski definition) is 3. The highest BCUT2D eigenvalue weighted by molar-refractivity contribution is 5.32. The fourth-order valence-electron chi connectivity index (χ4n) is 1.61. The summed E-state index contributed by atoms with van der Waals surface area (Å²) < 4.78 is 5.85. The third kappa shape index (κ3) is 2.75. The van der Waals surface area contributed by atoms with Crippen molar-refractivity contribution in [2.24, 2.45) is 0 Å². The van der Waals surface area contributed by atoms with Gasteiger partial charge in [-0.15, -0.1) is 0 Å². The van der Waals surface area contributed by atoms with Gasteiger partial charge in [-0.1, -0.05) is 12.1 Å². The van der Waals surface area contributed by atoms with Crippen molar-refractivity contribution in [2.75, 3.05) is 0 Å². The van der Waals surface area contributed by atoms with Crippen LogP contribution in [0, 0.1) is 0 Å². The van der Waals surface area contributed by atoms with Crippen molar-refractivity contribution in [2.45, 2.75) is 19.4 Å². The van der Waals surface area contributed by atoms with Crippen LogP contribution in [0.1, 0.15) is 19.5 Å². The van der Waals surface area contributed by atoms with E-state index in [-0.39, 0.29) is 5.75 Å². The number of aromatic nitrogens is 1. The molecule has 17 heavy (non-hydrogen) atoms. The highest BCUT2D eigenvalue weighted by atomic mass is 16.5. The largest absolute Gasteiger partial charge is 0.508 e. The fraction of sp³-hybridized carbons (Fsp3) is 0.214. The second-order valence-corrected chi connectivity index (χ2v) is 4.32. The lowest BCUT2D eigenvalue weighted by Gasteiger charge is -2.25. The fourth-order valence-corrected chi connectivity index (χ4v) is 1.61. The minimum absolute atomic E-state index is 0.194. The second kappa shape index (κ2) is 4.45. The van der Waals surface area contributed by atoms with Crippen molar-refractivity contribution in [1.82, 2.24) is 4.98 Å². The molecule has 0 aliphatic heterocycles. The van der Waals surface area contributed by atoms with Gasteiger partial charge < -0.3 is 9.84 Å². The second-order valence-electron chi connectivity index (χ2n) is 4.32. The monoisotopic (exact) mass is 229 g/mol. The first-order valence-electron chi connectivity index (χ1n) is 5.47. The maximum atomic E-state index is 9.38. The Morgan fingerprint density at radius 3 is 2.59 bits per heavy atom. The Kier molecular flexibility index (Phi) is 3.00. The van der Waals surface area contributed by atoms with Crippen molar-refractivity contribution in [3.8, 4) is 11.5 Å². The lowest BCUT2D eigenvalue weighted by Crippen LogP contribution is -2.26. The average Bonchev–Trinajstić information content (AvgIpc) is 2.29. The molecule has 0 bridgehead atoms. The van der Waals surface area contributed by atoms with Gasteiger partial charge in [-0.05, 0) is 38.1 Å². The van der Waals surface area contributed by atoms with Crippen LogP contribution in [-0.2, 0) is 5.60 Å². The van der Waals surface area contributed by atoms with Crippen LogP contribution in [0.15, 0.2) is 48.7 Å². The highest BCUT2D eigenvalue weighted by Gasteiger charge is 2.23. The van der Waals surface area contributed by atoms with Gasteiger partial charge in [-0.2, -0.15) is 0 Å². The normalized spacial score (nSPS) is 11.2. The van der Waals surface area contributed by atoms with Gasteiger partial charge in [-0.3, -0.25) is 4.98 Å². The number of aromatic hydroxyl groups is 1. The molecule has 0 spiro atoms. The zero-order valence-electron chi connectivity index (χ0n) is 9.92. The summed E-state index contributed by atoms with van der Waals surface area (Å²) >= 11 is 0. The van der Waals surface area contributed by atoms with E-state index in [0.717, 1.165) is 5.69 Å². The van der Waals surface area contributed by atoms with E-state index >= 15 is 0 Å². The van der Waals surface area contributed by atoms with E-state index in [4.69, 9.17) is 4.74 Å². The lowest BCUT2D eigenvalue weighted by atomic mass is 10.0. The van der Waals surface area contributed by atoms with Crippen molar-refractivity contribution in [1.29, 1.82) is 0 Å². The Hall–Kier alpha value is -2.03. The van der Waals surface area contributed by atoms with Gasteiger partial charge in [0.15, 0.2) is 0 Å². The minimum atomic E-state index is -0.533. The number of ether oxygens (including phenoxy) is 1. The molecule has 0 saturated heterocycles. The summed E-state index contributed by atoms with van der Waals surface area (Å²) in [6.45, 7) is 3.89. The van der Waals surface area contributed by atoms with E-state index in [2.05, 4.69) is 4.98 Å². The molecule has 0 radical (unpaired) electrons. The van der Waals surface area contributed by atoms with Gasteiger partial charge in [0.2, 0.25) is 0 Å². The average molecular weight is 229 g/mol. The third-order valence-corrected chi connectivity index (χ3v) is 2.47. The predicted molar refractivity (Wildman–Crippen MR) is 66.0 cm³/mol. The van der Waals surface area contributed by atoms with Gasteiger partial charge >= 0.3 is 0 Å². The van der Waals surface area contributed by atoms with Crippen LogP contribution in [0.25, 0.3) is 0 Å². The van der Waals surface area contributed by atoms with E-state index in [1.165, 1.54) is 0 Å². The van der Waals surface area contributed by atoms with Crippen LogP contribution in [0.5, 0.6) is 11.5 Å². The minimum Gasteiger partial charge on any atom is -0.508 e. The summed E-state index contributed by atoms with van der Waals surface area (Å²) in [4.78, 5) is 4.28. The quantitative estimate of drug-likeness (QED) is 0.879. The van der Waals surface area contributed by atoms with E-state index in [9.17, 15) is 5.11 Å². The highest BCUT2D eigenvalue weighted by Crippen LogP contribution is 2.27. The van der Waals surface area contributed by atoms with Gasteiger partial charge in [0.05, 0.1) is 5.69 Å². The van der Waals surface area contributed by atoms with Crippen LogP contribution >= 0.6 is 0 Å². The van der Waals surface area contributed by atoms with Gasteiger partial charge in [0.25, 0.3) is 0 Å². The zero-order valence-corrected chi connectivity index (χ0v) is 9.92. The van der Waals surface area contributed by atoms with Crippen LogP contribution in [-0.4, -0.2) is 10.1 Å². The molecule has 3 heteroatoms. The third-order valence-electron chi connectivity index (χ3n) is 2.47.